The summed E-state index contributed by atoms with van der Waals surface area (Å²) in [4.78, 5) is 44.4. The number of carbonyl (C=O) groups excluding carboxylic acids is 3. The summed E-state index contributed by atoms with van der Waals surface area (Å²) < 4.78 is 17.5. The first-order valence-electron chi connectivity index (χ1n) is 12.5. The van der Waals surface area contributed by atoms with Crippen LogP contribution in [0.5, 0.6) is 0 Å². The molecule has 11 nitrogen and oxygen atoms in total. The second-order valence-electron chi connectivity index (χ2n) is 11.8. The Morgan fingerprint density at radius 1 is 1.36 bits per heavy atom. The molecule has 2 aliphatic heterocycles. The van der Waals surface area contributed by atoms with Gasteiger partial charge in [0.05, 0.1) is 6.61 Å². The Bertz CT molecular complexity index is 1040. The van der Waals surface area contributed by atoms with Gasteiger partial charge in [0, 0.05) is 22.7 Å². The fourth-order valence-corrected chi connectivity index (χ4v) is 8.32. The van der Waals surface area contributed by atoms with Gasteiger partial charge in [-0.05, 0) is 44.6 Å². The zero-order valence-electron chi connectivity index (χ0n) is 21.1. The normalized spacial score (nSPS) is 50.9. The van der Waals surface area contributed by atoms with Crippen molar-refractivity contribution in [1.82, 2.24) is 0 Å². The summed E-state index contributed by atoms with van der Waals surface area (Å²) in [6, 6.07) is 0. The monoisotopic (exact) mass is 509 g/mol. The van der Waals surface area contributed by atoms with Gasteiger partial charge in [-0.2, -0.15) is 0 Å². The maximum atomic E-state index is 13.3. The molecule has 5 rings (SSSR count). The Labute approximate surface area is 208 Å². The second-order valence-corrected chi connectivity index (χ2v) is 11.8. The van der Waals surface area contributed by atoms with Gasteiger partial charge in [0.2, 0.25) is 6.10 Å². The van der Waals surface area contributed by atoms with Gasteiger partial charge >= 0.3 is 11.9 Å². The van der Waals surface area contributed by atoms with Crippen LogP contribution >= 0.6 is 0 Å². The van der Waals surface area contributed by atoms with Crippen molar-refractivity contribution < 1.29 is 48.8 Å². The Kier molecular flexibility index (Phi) is 5.59. The third kappa shape index (κ3) is 2.87. The Hall–Kier alpha value is -1.89. The van der Waals surface area contributed by atoms with E-state index in [4.69, 9.17) is 24.9 Å². The number of aliphatic hydroxyl groups excluding tert-OH is 1. The molecule has 2 saturated heterocycles. The molecule has 3 aliphatic carbocycles. The van der Waals surface area contributed by atoms with Crippen LogP contribution in [0, 0.1) is 34.5 Å². The minimum atomic E-state index is -2.09. The van der Waals surface area contributed by atoms with Crippen LogP contribution in [0.4, 0.5) is 0 Å². The number of aliphatic hydroxyl groups is 3. The lowest BCUT2D eigenvalue weighted by molar-refractivity contribution is -0.342. The Balaban J connectivity index is 1.70. The van der Waals surface area contributed by atoms with Crippen LogP contribution in [-0.2, 0) is 33.4 Å². The summed E-state index contributed by atoms with van der Waals surface area (Å²) in [5, 5.41) is 33.8. The molecule has 11 heteroatoms. The van der Waals surface area contributed by atoms with Crippen molar-refractivity contribution in [3.05, 3.63) is 11.6 Å². The van der Waals surface area contributed by atoms with E-state index >= 15 is 0 Å². The zero-order valence-corrected chi connectivity index (χ0v) is 21.1. The second kappa shape index (κ2) is 7.81. The number of nitrogens with two attached hydrogens (primary N) is 1. The van der Waals surface area contributed by atoms with Crippen molar-refractivity contribution in [1.29, 1.82) is 0 Å². The summed E-state index contributed by atoms with van der Waals surface area (Å²) >= 11 is 0. The number of hydrogen-bond donors (Lipinski definition) is 4. The third-order valence-corrected chi connectivity index (χ3v) is 10.1. The maximum Gasteiger partial charge on any atom is 0.348 e. The number of rotatable bonds is 4. The predicted octanol–water partition coefficient (Wildman–Crippen LogP) is -0.253. The molecule has 2 saturated carbocycles. The molecule has 12 atom stereocenters. The van der Waals surface area contributed by atoms with E-state index in [0.717, 1.165) is 5.57 Å². The van der Waals surface area contributed by atoms with Crippen LogP contribution in [0.2, 0.25) is 0 Å². The average Bonchev–Trinajstić information content (AvgIpc) is 3.10. The smallest absolute Gasteiger partial charge is 0.348 e. The summed E-state index contributed by atoms with van der Waals surface area (Å²) in [6.45, 7) is 8.03. The number of carbonyl (C=O) groups is 3. The largest absolute Gasteiger partial charge is 0.459 e. The highest BCUT2D eigenvalue weighted by Crippen LogP contribution is 2.74. The number of ether oxygens (including phenoxy) is 3. The number of hydrogen-bond acceptors (Lipinski definition) is 11. The van der Waals surface area contributed by atoms with E-state index in [1.807, 2.05) is 0 Å². The van der Waals surface area contributed by atoms with E-state index in [9.17, 15) is 29.7 Å². The number of allylic oxidation sites excluding steroid dienone is 1. The van der Waals surface area contributed by atoms with Gasteiger partial charge in [-0.25, -0.2) is 15.5 Å². The lowest BCUT2D eigenvalue weighted by atomic mass is 9.38. The molecule has 0 amide bonds. The quantitative estimate of drug-likeness (QED) is 0.290. The molecule has 200 valence electrons. The van der Waals surface area contributed by atoms with Crippen molar-refractivity contribution in [3.8, 4) is 0 Å². The zero-order chi connectivity index (χ0) is 26.6. The first-order valence-corrected chi connectivity index (χ1v) is 12.5. The van der Waals surface area contributed by atoms with Gasteiger partial charge in [0.25, 0.3) is 0 Å². The highest BCUT2D eigenvalue weighted by atomic mass is 16.7. The minimum Gasteiger partial charge on any atom is -0.459 e. The summed E-state index contributed by atoms with van der Waals surface area (Å²) in [5.74, 6) is -1.53. The van der Waals surface area contributed by atoms with E-state index in [1.165, 1.54) is 13.0 Å². The Morgan fingerprint density at radius 3 is 2.64 bits per heavy atom. The van der Waals surface area contributed by atoms with Gasteiger partial charge in [-0.1, -0.05) is 26.3 Å². The summed E-state index contributed by atoms with van der Waals surface area (Å²) in [5.41, 5.74) is -3.37. The average molecular weight is 510 g/mol. The van der Waals surface area contributed by atoms with Gasteiger partial charge in [0.1, 0.15) is 18.3 Å². The van der Waals surface area contributed by atoms with Crippen molar-refractivity contribution in [3.63, 3.8) is 0 Å². The SMILES string of the molecule is CCC(C)(O)C(=O)O[C@H]1C(=O)O[C@@H]2C[C@H]3C(C)=CC(=O)[C@@H](ON)[C@]3(C)C3[C@@]24CO[C@@]3(O)[C@H](O)[C@H](C)[C@H]14. The molecule has 2 bridgehead atoms. The maximum absolute atomic E-state index is 13.3. The molecule has 36 heavy (non-hydrogen) atoms. The van der Waals surface area contributed by atoms with Crippen LogP contribution in [0.25, 0.3) is 0 Å². The van der Waals surface area contributed by atoms with Gasteiger partial charge in [0.15, 0.2) is 17.2 Å². The molecule has 2 heterocycles. The molecule has 1 spiro atoms. The van der Waals surface area contributed by atoms with Crippen LogP contribution in [0.3, 0.4) is 0 Å². The fraction of sp³-hybridized carbons (Fsp3) is 0.800. The Morgan fingerprint density at radius 2 is 2.03 bits per heavy atom. The highest BCUT2D eigenvalue weighted by molar-refractivity contribution is 5.96. The van der Waals surface area contributed by atoms with Crippen molar-refractivity contribution in [2.24, 2.45) is 40.4 Å². The summed E-state index contributed by atoms with van der Waals surface area (Å²) in [6.07, 6.45) is -3.03. The molecular formula is C25H35NO10. The fourth-order valence-electron chi connectivity index (χ4n) is 8.32. The predicted molar refractivity (Wildman–Crippen MR) is 120 cm³/mol. The molecule has 0 aromatic carbocycles. The van der Waals surface area contributed by atoms with Crippen LogP contribution in [0.15, 0.2) is 11.6 Å². The molecule has 0 aromatic rings. The van der Waals surface area contributed by atoms with Crippen LogP contribution in [-0.4, -0.2) is 75.5 Å². The van der Waals surface area contributed by atoms with Crippen molar-refractivity contribution in [2.45, 2.75) is 83.3 Å². The van der Waals surface area contributed by atoms with E-state index in [1.54, 1.807) is 27.7 Å². The van der Waals surface area contributed by atoms with E-state index in [2.05, 4.69) is 0 Å². The van der Waals surface area contributed by atoms with E-state index in [0.29, 0.717) is 6.42 Å². The number of fused-ring (bicyclic) bond motifs is 1. The third-order valence-electron chi connectivity index (χ3n) is 10.1. The lowest BCUT2D eigenvalue weighted by Gasteiger charge is -2.68. The van der Waals surface area contributed by atoms with Gasteiger partial charge in [-0.3, -0.25) is 9.63 Å². The number of esters is 2. The van der Waals surface area contributed by atoms with Gasteiger partial charge < -0.3 is 29.5 Å². The summed E-state index contributed by atoms with van der Waals surface area (Å²) in [7, 11) is 0. The molecule has 2 unspecified atom stereocenters. The van der Waals surface area contributed by atoms with Gasteiger partial charge in [-0.15, -0.1) is 0 Å². The minimum absolute atomic E-state index is 0.0543. The van der Waals surface area contributed by atoms with Crippen molar-refractivity contribution in [2.75, 3.05) is 6.61 Å². The standard InChI is InChI=1S/C25H35NO10/c1-6-22(4,31)21(30)35-16-15-11(3)17(28)25(32)20-23(5)12(10(2)7-13(27)18(23)36-26)8-14(34-19(16)29)24(15,20)9-33-25/h7,11-12,14-18,20,28,31-32H,6,8-9,26H2,1-5H3/t11-,12+,14-,15-,16-,17-,18-,20?,22?,23-,24+,25+/m1/s1. The molecule has 5 aliphatic rings. The number of ketones is 1. The van der Waals surface area contributed by atoms with Crippen molar-refractivity contribution >= 4 is 17.7 Å². The lowest BCUT2D eigenvalue weighted by Crippen LogP contribution is -2.78. The molecule has 0 aromatic heterocycles. The van der Waals surface area contributed by atoms with E-state index in [-0.39, 0.29) is 24.7 Å². The molecule has 4 fully saturated rings. The van der Waals surface area contributed by atoms with E-state index < -0.39 is 76.3 Å². The van der Waals surface area contributed by atoms with Crippen LogP contribution in [0.1, 0.15) is 47.5 Å². The highest BCUT2D eigenvalue weighted by Gasteiger charge is 2.83. The topological polar surface area (TPSA) is 175 Å². The molecular weight excluding hydrogens is 474 g/mol. The molecule has 0 radical (unpaired) electrons. The first kappa shape index (κ1) is 25.7. The first-order chi connectivity index (χ1) is 16.7. The van der Waals surface area contributed by atoms with Crippen LogP contribution < -0.4 is 5.90 Å². The molecule has 5 N–H and O–H groups in total.